The van der Waals surface area contributed by atoms with Crippen molar-refractivity contribution >= 4 is 23.5 Å². The van der Waals surface area contributed by atoms with Gasteiger partial charge in [0, 0.05) is 17.5 Å². The van der Waals surface area contributed by atoms with Crippen molar-refractivity contribution in [2.24, 2.45) is 5.73 Å². The minimum absolute atomic E-state index is 0.494. The molecule has 4 nitrogen and oxygen atoms in total. The van der Waals surface area contributed by atoms with Crippen molar-refractivity contribution in [2.45, 2.75) is 37.5 Å². The van der Waals surface area contributed by atoms with E-state index in [0.717, 1.165) is 16.7 Å². The Balaban J connectivity index is 1.94. The van der Waals surface area contributed by atoms with E-state index in [4.69, 9.17) is 5.73 Å². The Kier molecular flexibility index (Phi) is 4.55. The predicted molar refractivity (Wildman–Crippen MR) is 69.9 cm³/mol. The lowest BCUT2D eigenvalue weighted by atomic mass is 10.5. The van der Waals surface area contributed by atoms with E-state index >= 15 is 0 Å². The maximum atomic E-state index is 5.67. The molecular weight excluding hydrogens is 240 g/mol. The van der Waals surface area contributed by atoms with E-state index in [-0.39, 0.29) is 0 Å². The quantitative estimate of drug-likeness (QED) is 0.598. The first-order chi connectivity index (χ1) is 7.86. The van der Waals surface area contributed by atoms with E-state index < -0.39 is 0 Å². The van der Waals surface area contributed by atoms with Crippen LogP contribution in [0.15, 0.2) is 5.16 Å². The summed E-state index contributed by atoms with van der Waals surface area (Å²) in [7, 11) is 0. The topological polar surface area (TPSA) is 56.7 Å². The monoisotopic (exact) mass is 258 g/mol. The summed E-state index contributed by atoms with van der Waals surface area (Å²) >= 11 is 3.77. The second-order valence-electron chi connectivity index (χ2n) is 3.75. The molecule has 6 heteroatoms. The Morgan fingerprint density at radius 3 is 2.81 bits per heavy atom. The summed E-state index contributed by atoms with van der Waals surface area (Å²) in [6.07, 6.45) is 2.50. The van der Waals surface area contributed by atoms with Crippen LogP contribution in [0.1, 0.15) is 31.6 Å². The van der Waals surface area contributed by atoms with E-state index in [1.54, 1.807) is 11.8 Å². The molecule has 1 heterocycles. The molecule has 2 N–H and O–H groups in total. The third kappa shape index (κ3) is 2.93. The zero-order chi connectivity index (χ0) is 11.4. The van der Waals surface area contributed by atoms with Gasteiger partial charge < -0.3 is 10.3 Å². The van der Waals surface area contributed by atoms with Crippen molar-refractivity contribution in [1.29, 1.82) is 0 Å². The Morgan fingerprint density at radius 1 is 1.38 bits per heavy atom. The van der Waals surface area contributed by atoms with E-state index in [0.29, 0.717) is 12.6 Å². The summed E-state index contributed by atoms with van der Waals surface area (Å²) < 4.78 is 2.24. The van der Waals surface area contributed by atoms with Gasteiger partial charge in [0.25, 0.3) is 0 Å². The molecule has 0 spiro atoms. The molecule has 1 aliphatic carbocycles. The van der Waals surface area contributed by atoms with Crippen LogP contribution in [0.5, 0.6) is 0 Å². The average Bonchev–Trinajstić information content (AvgIpc) is 3.06. The molecular formula is C10H18N4S2. The standard InChI is InChI=1S/C10H18N4S2/c1-2-15-5-6-16-10-13-12-9(7-11)14(10)8-3-4-8/h8H,2-7,11H2,1H3. The van der Waals surface area contributed by atoms with Crippen LogP contribution in [-0.4, -0.2) is 32.0 Å². The van der Waals surface area contributed by atoms with Gasteiger partial charge in [-0.25, -0.2) is 0 Å². The molecule has 0 bridgehead atoms. The maximum Gasteiger partial charge on any atom is 0.191 e. The first-order valence-electron chi connectivity index (χ1n) is 5.71. The highest BCUT2D eigenvalue weighted by Crippen LogP contribution is 2.38. The highest BCUT2D eigenvalue weighted by molar-refractivity contribution is 8.02. The molecule has 0 aromatic carbocycles. The summed E-state index contributed by atoms with van der Waals surface area (Å²) in [5.74, 6) is 4.40. The summed E-state index contributed by atoms with van der Waals surface area (Å²) in [4.78, 5) is 0. The second-order valence-corrected chi connectivity index (χ2v) is 6.21. The molecule has 0 saturated heterocycles. The van der Waals surface area contributed by atoms with Crippen molar-refractivity contribution in [3.8, 4) is 0 Å². The molecule has 1 aromatic rings. The Morgan fingerprint density at radius 2 is 2.19 bits per heavy atom. The third-order valence-corrected chi connectivity index (χ3v) is 4.60. The largest absolute Gasteiger partial charge is 0.324 e. The number of nitrogens with zero attached hydrogens (tertiary/aromatic N) is 3. The zero-order valence-electron chi connectivity index (χ0n) is 9.56. The van der Waals surface area contributed by atoms with E-state index in [2.05, 4.69) is 21.7 Å². The van der Waals surface area contributed by atoms with Crippen LogP contribution in [0, 0.1) is 0 Å². The third-order valence-electron chi connectivity index (χ3n) is 2.49. The van der Waals surface area contributed by atoms with Gasteiger partial charge in [0.15, 0.2) is 5.16 Å². The van der Waals surface area contributed by atoms with Gasteiger partial charge in [-0.05, 0) is 18.6 Å². The zero-order valence-corrected chi connectivity index (χ0v) is 11.2. The lowest BCUT2D eigenvalue weighted by molar-refractivity contribution is 0.626. The van der Waals surface area contributed by atoms with E-state index in [1.807, 2.05) is 11.8 Å². The average molecular weight is 258 g/mol. The molecule has 16 heavy (non-hydrogen) atoms. The Bertz CT molecular complexity index is 336. The highest BCUT2D eigenvalue weighted by atomic mass is 32.2. The lowest BCUT2D eigenvalue weighted by Crippen LogP contribution is -2.08. The van der Waals surface area contributed by atoms with Gasteiger partial charge in [-0.3, -0.25) is 0 Å². The molecule has 1 aromatic heterocycles. The van der Waals surface area contributed by atoms with Gasteiger partial charge in [0.2, 0.25) is 0 Å². The van der Waals surface area contributed by atoms with Gasteiger partial charge in [-0.15, -0.1) is 10.2 Å². The number of hydrogen-bond acceptors (Lipinski definition) is 5. The molecule has 1 fully saturated rings. The van der Waals surface area contributed by atoms with E-state index in [1.165, 1.54) is 24.3 Å². The van der Waals surface area contributed by atoms with Crippen molar-refractivity contribution in [2.75, 3.05) is 17.3 Å². The van der Waals surface area contributed by atoms with Crippen LogP contribution in [0.4, 0.5) is 0 Å². The van der Waals surface area contributed by atoms with Crippen molar-refractivity contribution in [3.63, 3.8) is 0 Å². The molecule has 0 unspecified atom stereocenters. The molecule has 0 radical (unpaired) electrons. The molecule has 0 amide bonds. The fourth-order valence-electron chi connectivity index (χ4n) is 1.58. The van der Waals surface area contributed by atoms with E-state index in [9.17, 15) is 0 Å². The summed E-state index contributed by atoms with van der Waals surface area (Å²) in [5.41, 5.74) is 5.67. The highest BCUT2D eigenvalue weighted by Gasteiger charge is 2.28. The van der Waals surface area contributed by atoms with Crippen molar-refractivity contribution in [1.82, 2.24) is 14.8 Å². The molecule has 2 rings (SSSR count). The molecule has 1 saturated carbocycles. The second kappa shape index (κ2) is 5.93. The molecule has 0 aliphatic heterocycles. The summed E-state index contributed by atoms with van der Waals surface area (Å²) in [6.45, 7) is 2.68. The van der Waals surface area contributed by atoms with Gasteiger partial charge in [0.1, 0.15) is 5.82 Å². The first kappa shape index (κ1) is 12.3. The smallest absolute Gasteiger partial charge is 0.191 e. The number of rotatable bonds is 7. The summed E-state index contributed by atoms with van der Waals surface area (Å²) in [6, 6.07) is 0.620. The minimum atomic E-state index is 0.494. The number of hydrogen-bond donors (Lipinski definition) is 1. The van der Waals surface area contributed by atoms with Crippen LogP contribution in [0.3, 0.4) is 0 Å². The predicted octanol–water partition coefficient (Wildman–Crippen LogP) is 1.92. The maximum absolute atomic E-state index is 5.67. The van der Waals surface area contributed by atoms with Crippen LogP contribution in [0.2, 0.25) is 0 Å². The summed E-state index contributed by atoms with van der Waals surface area (Å²) in [5, 5.41) is 9.44. The minimum Gasteiger partial charge on any atom is -0.324 e. The fourth-order valence-corrected chi connectivity index (χ4v) is 3.35. The fraction of sp³-hybridized carbons (Fsp3) is 0.800. The van der Waals surface area contributed by atoms with Crippen molar-refractivity contribution < 1.29 is 0 Å². The van der Waals surface area contributed by atoms with Crippen LogP contribution in [-0.2, 0) is 6.54 Å². The lowest BCUT2D eigenvalue weighted by Gasteiger charge is -2.06. The number of thioether (sulfide) groups is 2. The Labute approximate surface area is 105 Å². The van der Waals surface area contributed by atoms with Gasteiger partial charge in [0.05, 0.1) is 6.54 Å². The molecule has 0 atom stereocenters. The number of aromatic nitrogens is 3. The molecule has 90 valence electrons. The van der Waals surface area contributed by atoms with Gasteiger partial charge in [-0.1, -0.05) is 18.7 Å². The SMILES string of the molecule is CCSCCSc1nnc(CN)n1C1CC1. The Hall–Kier alpha value is -0.200. The molecule has 1 aliphatic rings. The van der Waals surface area contributed by atoms with Crippen molar-refractivity contribution in [3.05, 3.63) is 5.82 Å². The van der Waals surface area contributed by atoms with Crippen LogP contribution < -0.4 is 5.73 Å². The van der Waals surface area contributed by atoms with Crippen LogP contribution in [0.25, 0.3) is 0 Å². The van der Waals surface area contributed by atoms with Gasteiger partial charge >= 0.3 is 0 Å². The first-order valence-corrected chi connectivity index (χ1v) is 7.85. The normalized spacial score (nSPS) is 15.6. The number of nitrogens with two attached hydrogens (primary N) is 1. The van der Waals surface area contributed by atoms with Gasteiger partial charge in [-0.2, -0.15) is 11.8 Å². The van der Waals surface area contributed by atoms with Crippen LogP contribution >= 0.6 is 23.5 Å².